The molecule has 1 aromatic carbocycles. The second kappa shape index (κ2) is 6.02. The van der Waals surface area contributed by atoms with Crippen molar-refractivity contribution in [1.82, 2.24) is 19.6 Å². The lowest BCUT2D eigenvalue weighted by molar-refractivity contribution is 0.0134. The number of hydrogen-bond donors (Lipinski definition) is 2. The zero-order valence-corrected chi connectivity index (χ0v) is 14.9. The van der Waals surface area contributed by atoms with E-state index in [0.29, 0.717) is 29.1 Å². The molecule has 0 saturated heterocycles. The van der Waals surface area contributed by atoms with E-state index < -0.39 is 5.60 Å². The van der Waals surface area contributed by atoms with E-state index in [1.807, 2.05) is 13.8 Å². The van der Waals surface area contributed by atoms with Crippen molar-refractivity contribution in [3.8, 4) is 11.3 Å². The van der Waals surface area contributed by atoms with Gasteiger partial charge in [0.15, 0.2) is 17.3 Å². The van der Waals surface area contributed by atoms with E-state index in [-0.39, 0.29) is 17.6 Å². The number of aryl methyl sites for hydroxylation is 1. The van der Waals surface area contributed by atoms with Crippen LogP contribution in [0.4, 0.5) is 10.2 Å². The van der Waals surface area contributed by atoms with Crippen molar-refractivity contribution >= 4 is 11.5 Å². The Bertz CT molecular complexity index is 981. The van der Waals surface area contributed by atoms with Crippen LogP contribution in [0.2, 0.25) is 0 Å². The molecule has 6 nitrogen and oxygen atoms in total. The third-order valence-corrected chi connectivity index (χ3v) is 5.16. The summed E-state index contributed by atoms with van der Waals surface area (Å²) in [6.07, 6.45) is 3.31. The van der Waals surface area contributed by atoms with Crippen LogP contribution in [-0.4, -0.2) is 30.3 Å². The highest BCUT2D eigenvalue weighted by Gasteiger charge is 2.33. The molecule has 0 amide bonds. The van der Waals surface area contributed by atoms with Crippen LogP contribution in [0.5, 0.6) is 0 Å². The molecule has 136 valence electrons. The maximum Gasteiger partial charge on any atom is 0.198 e. The van der Waals surface area contributed by atoms with Crippen molar-refractivity contribution < 1.29 is 9.50 Å². The van der Waals surface area contributed by atoms with Gasteiger partial charge in [0.25, 0.3) is 0 Å². The Kier molecular flexibility index (Phi) is 3.91. The Balaban J connectivity index is 1.81. The summed E-state index contributed by atoms with van der Waals surface area (Å²) in [7, 11) is 0. The highest BCUT2D eigenvalue weighted by Crippen LogP contribution is 2.37. The lowest BCUT2D eigenvalue weighted by Gasteiger charge is -2.32. The Morgan fingerprint density at radius 2 is 2.15 bits per heavy atom. The molecule has 1 aliphatic carbocycles. The monoisotopic (exact) mass is 355 g/mol. The van der Waals surface area contributed by atoms with E-state index in [4.69, 9.17) is 5.73 Å². The van der Waals surface area contributed by atoms with Crippen LogP contribution < -0.4 is 5.73 Å². The highest BCUT2D eigenvalue weighted by atomic mass is 19.1. The summed E-state index contributed by atoms with van der Waals surface area (Å²) in [5.41, 5.74) is 7.92. The van der Waals surface area contributed by atoms with Gasteiger partial charge in [0.2, 0.25) is 0 Å². The summed E-state index contributed by atoms with van der Waals surface area (Å²) in [6, 6.07) is 6.25. The number of fused-ring (bicyclic) bond motifs is 1. The van der Waals surface area contributed by atoms with Crippen molar-refractivity contribution in [2.24, 2.45) is 0 Å². The minimum absolute atomic E-state index is 0.0927. The number of hydrogen-bond acceptors (Lipinski definition) is 5. The van der Waals surface area contributed by atoms with Gasteiger partial charge in [-0.1, -0.05) is 12.1 Å². The number of nitrogens with zero attached hydrogens (tertiary/aromatic N) is 4. The molecular formula is C19H22FN5O. The Morgan fingerprint density at radius 3 is 2.88 bits per heavy atom. The van der Waals surface area contributed by atoms with Gasteiger partial charge in [-0.15, -0.1) is 0 Å². The largest absolute Gasteiger partial charge is 0.390 e. The predicted molar refractivity (Wildman–Crippen MR) is 97.2 cm³/mol. The van der Waals surface area contributed by atoms with E-state index in [1.165, 1.54) is 12.1 Å². The van der Waals surface area contributed by atoms with Gasteiger partial charge in [-0.05, 0) is 51.7 Å². The normalized spacial score (nSPS) is 23.5. The molecule has 0 radical (unpaired) electrons. The molecule has 0 bridgehead atoms. The molecule has 26 heavy (non-hydrogen) atoms. The highest BCUT2D eigenvalue weighted by molar-refractivity contribution is 5.69. The molecule has 4 rings (SSSR count). The van der Waals surface area contributed by atoms with Crippen LogP contribution in [-0.2, 0) is 0 Å². The second-order valence-electron chi connectivity index (χ2n) is 7.44. The molecule has 2 aromatic heterocycles. The van der Waals surface area contributed by atoms with Crippen molar-refractivity contribution in [3.05, 3.63) is 41.6 Å². The third-order valence-electron chi connectivity index (χ3n) is 5.16. The van der Waals surface area contributed by atoms with Crippen LogP contribution in [0.3, 0.4) is 0 Å². The summed E-state index contributed by atoms with van der Waals surface area (Å²) >= 11 is 0. The summed E-state index contributed by atoms with van der Waals surface area (Å²) in [6.45, 7) is 3.73. The molecule has 1 unspecified atom stereocenters. The first-order valence-corrected chi connectivity index (χ1v) is 8.85. The molecule has 3 aromatic rings. The van der Waals surface area contributed by atoms with Crippen molar-refractivity contribution in [3.63, 3.8) is 0 Å². The minimum atomic E-state index is -0.689. The maximum absolute atomic E-state index is 13.6. The van der Waals surface area contributed by atoms with E-state index in [1.54, 1.807) is 16.6 Å². The van der Waals surface area contributed by atoms with Crippen molar-refractivity contribution in [2.75, 3.05) is 5.73 Å². The number of anilines is 1. The standard InChI is InChI=1S/C19H22FN5O/c1-11-15(12-5-3-7-14(20)9-12)22-16(21)18-23-17(24-25(11)18)13-6-4-8-19(2,26)10-13/h3,5,7,9,13,26H,4,6,8,10H2,1-2H3,(H2,21,22)/t13-,19?/m1/s1. The fourth-order valence-corrected chi connectivity index (χ4v) is 3.85. The smallest absolute Gasteiger partial charge is 0.198 e. The van der Waals surface area contributed by atoms with Gasteiger partial charge in [-0.3, -0.25) is 0 Å². The number of aromatic nitrogens is 4. The first-order chi connectivity index (χ1) is 12.3. The Hall–Kier alpha value is -2.54. The molecule has 7 heteroatoms. The van der Waals surface area contributed by atoms with Gasteiger partial charge in [-0.25, -0.2) is 18.9 Å². The van der Waals surface area contributed by atoms with Crippen LogP contribution >= 0.6 is 0 Å². The van der Waals surface area contributed by atoms with Crippen molar-refractivity contribution in [1.29, 1.82) is 0 Å². The fraction of sp³-hybridized carbons (Fsp3) is 0.421. The topological polar surface area (TPSA) is 89.3 Å². The maximum atomic E-state index is 13.6. The SMILES string of the molecule is Cc1c(-c2cccc(F)c2)nc(N)c2nc([C@@H]3CCCC(C)(O)C3)nn12. The van der Waals surface area contributed by atoms with E-state index >= 15 is 0 Å². The lowest BCUT2D eigenvalue weighted by atomic mass is 9.79. The van der Waals surface area contributed by atoms with E-state index in [9.17, 15) is 9.50 Å². The molecule has 0 spiro atoms. The summed E-state index contributed by atoms with van der Waals surface area (Å²) in [4.78, 5) is 9.03. The van der Waals surface area contributed by atoms with Gasteiger partial charge in [-0.2, -0.15) is 5.10 Å². The lowest BCUT2D eigenvalue weighted by Crippen LogP contribution is -2.31. The molecule has 0 aliphatic heterocycles. The van der Waals surface area contributed by atoms with Crippen LogP contribution in [0.15, 0.2) is 24.3 Å². The number of rotatable bonds is 2. The van der Waals surface area contributed by atoms with Gasteiger partial charge < -0.3 is 10.8 Å². The molecule has 2 atom stereocenters. The predicted octanol–water partition coefficient (Wildman–Crippen LogP) is 3.23. The third kappa shape index (κ3) is 2.92. The van der Waals surface area contributed by atoms with Crippen molar-refractivity contribution in [2.45, 2.75) is 51.0 Å². The Labute approximate surface area is 150 Å². The number of aliphatic hydroxyl groups is 1. The number of nitrogen functional groups attached to an aromatic ring is 1. The summed E-state index contributed by atoms with van der Waals surface area (Å²) in [5, 5.41) is 15.0. The Morgan fingerprint density at radius 1 is 1.35 bits per heavy atom. The molecule has 1 fully saturated rings. The molecule has 1 aliphatic rings. The van der Waals surface area contributed by atoms with E-state index in [2.05, 4.69) is 15.1 Å². The van der Waals surface area contributed by atoms with Crippen LogP contribution in [0, 0.1) is 12.7 Å². The zero-order valence-electron chi connectivity index (χ0n) is 14.9. The summed E-state index contributed by atoms with van der Waals surface area (Å²) < 4.78 is 15.3. The van der Waals surface area contributed by atoms with Gasteiger partial charge in [0, 0.05) is 11.5 Å². The van der Waals surface area contributed by atoms with Crippen LogP contribution in [0.25, 0.3) is 16.9 Å². The quantitative estimate of drug-likeness (QED) is 0.737. The zero-order chi connectivity index (χ0) is 18.5. The van der Waals surface area contributed by atoms with Gasteiger partial charge in [0.1, 0.15) is 5.82 Å². The minimum Gasteiger partial charge on any atom is -0.390 e. The molecular weight excluding hydrogens is 333 g/mol. The fourth-order valence-electron chi connectivity index (χ4n) is 3.85. The van der Waals surface area contributed by atoms with Crippen LogP contribution in [0.1, 0.15) is 50.0 Å². The number of nitrogens with two attached hydrogens (primary N) is 1. The van der Waals surface area contributed by atoms with E-state index in [0.717, 1.165) is 25.0 Å². The average molecular weight is 355 g/mol. The number of benzene rings is 1. The molecule has 1 saturated carbocycles. The average Bonchev–Trinajstić information content (AvgIpc) is 3.03. The first-order valence-electron chi connectivity index (χ1n) is 8.85. The second-order valence-corrected chi connectivity index (χ2v) is 7.44. The summed E-state index contributed by atoms with van der Waals surface area (Å²) in [5.74, 6) is 0.704. The first kappa shape index (κ1) is 16.9. The molecule has 3 N–H and O–H groups in total. The number of halogens is 1. The molecule has 2 heterocycles. The van der Waals surface area contributed by atoms with Gasteiger partial charge in [0.05, 0.1) is 17.0 Å². The van der Waals surface area contributed by atoms with Gasteiger partial charge >= 0.3 is 0 Å².